The molecule has 1 aromatic heterocycles. The molecule has 0 bridgehead atoms. The number of carbonyl (C=O) groups excluding carboxylic acids is 1. The van der Waals surface area contributed by atoms with Crippen LogP contribution in [-0.2, 0) is 10.2 Å². The molecule has 1 amide bonds. The van der Waals surface area contributed by atoms with Gasteiger partial charge in [0.2, 0.25) is 0 Å². The second-order valence-electron chi connectivity index (χ2n) is 7.09. The maximum absolute atomic E-state index is 12.7. The molecule has 1 saturated heterocycles. The number of nitrogens with one attached hydrogen (secondary N) is 1. The zero-order valence-corrected chi connectivity index (χ0v) is 14.2. The van der Waals surface area contributed by atoms with Crippen LogP contribution in [0.3, 0.4) is 0 Å². The van der Waals surface area contributed by atoms with Gasteiger partial charge in [-0.1, -0.05) is 20.8 Å². The highest BCUT2D eigenvalue weighted by molar-refractivity contribution is 5.95. The Kier molecular flexibility index (Phi) is 4.42. The van der Waals surface area contributed by atoms with Gasteiger partial charge in [0.05, 0.1) is 17.9 Å². The van der Waals surface area contributed by atoms with Gasteiger partial charge in [-0.15, -0.1) is 0 Å². The van der Waals surface area contributed by atoms with Crippen molar-refractivity contribution in [2.45, 2.75) is 59.2 Å². The predicted molar refractivity (Wildman–Crippen MR) is 84.2 cm³/mol. The van der Waals surface area contributed by atoms with E-state index in [1.165, 1.54) is 0 Å². The number of hydrogen-bond acceptors (Lipinski definition) is 4. The summed E-state index contributed by atoms with van der Waals surface area (Å²) in [5, 5.41) is 0. The van der Waals surface area contributed by atoms with Gasteiger partial charge < -0.3 is 14.6 Å². The highest BCUT2D eigenvalue weighted by Crippen LogP contribution is 2.19. The Hall–Kier alpha value is -1.69. The monoisotopic (exact) mass is 307 g/mol. The Morgan fingerprint density at radius 3 is 2.27 bits per heavy atom. The number of aromatic nitrogens is 2. The second kappa shape index (κ2) is 5.83. The fourth-order valence-electron chi connectivity index (χ4n) is 2.69. The summed E-state index contributed by atoms with van der Waals surface area (Å²) in [5.41, 5.74) is -0.0259. The molecule has 6 nitrogen and oxygen atoms in total. The Labute approximate surface area is 130 Å². The molecule has 2 atom stereocenters. The van der Waals surface area contributed by atoms with Crippen molar-refractivity contribution in [3.05, 3.63) is 27.4 Å². The Bertz CT molecular complexity index is 621. The molecule has 0 aromatic carbocycles. The normalized spacial score (nSPS) is 22.7. The first-order valence-corrected chi connectivity index (χ1v) is 7.65. The summed E-state index contributed by atoms with van der Waals surface area (Å²) < 4.78 is 5.63. The van der Waals surface area contributed by atoms with Gasteiger partial charge in [-0.05, 0) is 20.8 Å². The average molecular weight is 307 g/mol. The van der Waals surface area contributed by atoms with Crippen molar-refractivity contribution in [2.24, 2.45) is 0 Å². The summed E-state index contributed by atoms with van der Waals surface area (Å²) in [4.78, 5) is 33.9. The zero-order valence-electron chi connectivity index (χ0n) is 14.2. The number of aryl methyl sites for hydroxylation is 1. The molecule has 1 aromatic rings. The van der Waals surface area contributed by atoms with Crippen molar-refractivity contribution in [1.82, 2.24) is 14.9 Å². The Morgan fingerprint density at radius 1 is 1.27 bits per heavy atom. The topological polar surface area (TPSA) is 75.3 Å². The van der Waals surface area contributed by atoms with Crippen LogP contribution < -0.4 is 5.56 Å². The quantitative estimate of drug-likeness (QED) is 0.855. The van der Waals surface area contributed by atoms with Crippen LogP contribution in [0.1, 0.15) is 56.5 Å². The van der Waals surface area contributed by atoms with Crippen molar-refractivity contribution in [3.63, 3.8) is 0 Å². The maximum atomic E-state index is 12.7. The number of amides is 1. The van der Waals surface area contributed by atoms with E-state index < -0.39 is 0 Å². The summed E-state index contributed by atoms with van der Waals surface area (Å²) >= 11 is 0. The van der Waals surface area contributed by atoms with Crippen molar-refractivity contribution in [2.75, 3.05) is 13.1 Å². The fourth-order valence-corrected chi connectivity index (χ4v) is 2.69. The molecular weight excluding hydrogens is 282 g/mol. The van der Waals surface area contributed by atoms with E-state index in [0.29, 0.717) is 24.6 Å². The van der Waals surface area contributed by atoms with Crippen LogP contribution >= 0.6 is 0 Å². The number of morpholine rings is 1. The van der Waals surface area contributed by atoms with Crippen LogP contribution in [0.2, 0.25) is 0 Å². The van der Waals surface area contributed by atoms with Gasteiger partial charge in [0.1, 0.15) is 11.4 Å². The lowest BCUT2D eigenvalue weighted by atomic mass is 9.95. The van der Waals surface area contributed by atoms with Gasteiger partial charge >= 0.3 is 0 Å². The van der Waals surface area contributed by atoms with E-state index in [4.69, 9.17) is 4.74 Å². The molecule has 2 heterocycles. The maximum Gasteiger partial charge on any atom is 0.264 e. The van der Waals surface area contributed by atoms with Crippen LogP contribution in [0, 0.1) is 6.92 Å². The minimum absolute atomic E-state index is 0.0334. The summed E-state index contributed by atoms with van der Waals surface area (Å²) in [6, 6.07) is 0. The predicted octanol–water partition coefficient (Wildman–Crippen LogP) is 1.63. The van der Waals surface area contributed by atoms with Gasteiger partial charge in [0.15, 0.2) is 0 Å². The van der Waals surface area contributed by atoms with E-state index in [0.717, 1.165) is 0 Å². The van der Waals surface area contributed by atoms with E-state index in [2.05, 4.69) is 9.97 Å². The Balaban J connectivity index is 2.37. The smallest absolute Gasteiger partial charge is 0.264 e. The van der Waals surface area contributed by atoms with Gasteiger partial charge in [0, 0.05) is 18.5 Å². The molecule has 22 heavy (non-hydrogen) atoms. The summed E-state index contributed by atoms with van der Waals surface area (Å²) in [7, 11) is 0. The van der Waals surface area contributed by atoms with Crippen molar-refractivity contribution in [3.8, 4) is 0 Å². The molecule has 0 aliphatic carbocycles. The largest absolute Gasteiger partial charge is 0.372 e. The first kappa shape index (κ1) is 16.7. The van der Waals surface area contributed by atoms with E-state index in [9.17, 15) is 9.59 Å². The molecule has 2 rings (SSSR count). The summed E-state index contributed by atoms with van der Waals surface area (Å²) in [6.07, 6.45) is -0.0669. The van der Waals surface area contributed by atoms with E-state index in [1.54, 1.807) is 11.8 Å². The minimum Gasteiger partial charge on any atom is -0.372 e. The molecule has 122 valence electrons. The number of carbonyl (C=O) groups is 1. The SMILES string of the molecule is Cc1nc(C(C)(C)C)[nH]c(=O)c1C(=O)N1CC(C)OC(C)C1. The molecule has 1 fully saturated rings. The molecule has 0 saturated carbocycles. The van der Waals surface area contributed by atoms with Crippen LogP contribution in [0.15, 0.2) is 4.79 Å². The molecule has 1 N–H and O–H groups in total. The first-order chi connectivity index (χ1) is 10.1. The van der Waals surface area contributed by atoms with Crippen LogP contribution in [-0.4, -0.2) is 46.1 Å². The van der Waals surface area contributed by atoms with Crippen LogP contribution in [0.4, 0.5) is 0 Å². The number of aromatic amines is 1. The standard InChI is InChI=1S/C16H25N3O3/c1-9-7-19(8-10(2)22-9)14(21)12-11(3)17-15(16(4,5)6)18-13(12)20/h9-10H,7-8H2,1-6H3,(H,17,18,20). The lowest BCUT2D eigenvalue weighted by molar-refractivity contribution is -0.0586. The highest BCUT2D eigenvalue weighted by Gasteiger charge is 2.30. The van der Waals surface area contributed by atoms with Crippen LogP contribution in [0.5, 0.6) is 0 Å². The van der Waals surface area contributed by atoms with E-state index in [-0.39, 0.29) is 34.7 Å². The Morgan fingerprint density at radius 2 is 1.82 bits per heavy atom. The number of rotatable bonds is 1. The molecule has 6 heteroatoms. The third-order valence-electron chi connectivity index (χ3n) is 3.73. The lowest BCUT2D eigenvalue weighted by Crippen LogP contribution is -2.49. The van der Waals surface area contributed by atoms with Gasteiger partial charge in [0.25, 0.3) is 11.5 Å². The van der Waals surface area contributed by atoms with E-state index >= 15 is 0 Å². The van der Waals surface area contributed by atoms with Crippen LogP contribution in [0.25, 0.3) is 0 Å². The number of hydrogen-bond donors (Lipinski definition) is 1. The van der Waals surface area contributed by atoms with Crippen molar-refractivity contribution < 1.29 is 9.53 Å². The van der Waals surface area contributed by atoms with Gasteiger partial charge in [-0.25, -0.2) is 4.98 Å². The van der Waals surface area contributed by atoms with Crippen molar-refractivity contribution in [1.29, 1.82) is 0 Å². The van der Waals surface area contributed by atoms with E-state index in [1.807, 2.05) is 34.6 Å². The number of H-pyrrole nitrogens is 1. The summed E-state index contributed by atoms with van der Waals surface area (Å²) in [5.74, 6) is 0.323. The third kappa shape index (κ3) is 3.38. The molecule has 1 aliphatic rings. The third-order valence-corrected chi connectivity index (χ3v) is 3.73. The molecular formula is C16H25N3O3. The molecule has 2 unspecified atom stereocenters. The molecule has 1 aliphatic heterocycles. The summed E-state index contributed by atoms with van der Waals surface area (Å²) in [6.45, 7) is 12.5. The van der Waals surface area contributed by atoms with Crippen molar-refractivity contribution >= 4 is 5.91 Å². The number of nitrogens with zero attached hydrogens (tertiary/aromatic N) is 2. The lowest BCUT2D eigenvalue weighted by Gasteiger charge is -2.35. The van der Waals surface area contributed by atoms with Gasteiger partial charge in [-0.3, -0.25) is 9.59 Å². The number of ether oxygens (including phenoxy) is 1. The zero-order chi connectivity index (χ0) is 16.7. The minimum atomic E-state index is -0.366. The molecule has 0 radical (unpaired) electrons. The first-order valence-electron chi connectivity index (χ1n) is 7.65. The average Bonchev–Trinajstić information content (AvgIpc) is 2.35. The molecule has 0 spiro atoms. The second-order valence-corrected chi connectivity index (χ2v) is 7.09. The highest BCUT2D eigenvalue weighted by atomic mass is 16.5. The fraction of sp³-hybridized carbons (Fsp3) is 0.688. The van der Waals surface area contributed by atoms with Gasteiger partial charge in [-0.2, -0.15) is 0 Å².